The van der Waals surface area contributed by atoms with Gasteiger partial charge < -0.3 is 9.47 Å². The van der Waals surface area contributed by atoms with Gasteiger partial charge in [-0.1, -0.05) is 18.2 Å². The number of ether oxygens (including phenoxy) is 2. The Balaban J connectivity index is 1.71. The Morgan fingerprint density at radius 2 is 1.66 bits per heavy atom. The van der Waals surface area contributed by atoms with E-state index in [-0.39, 0.29) is 16.2 Å². The van der Waals surface area contributed by atoms with Gasteiger partial charge in [0.2, 0.25) is 10.0 Å². The minimum atomic E-state index is -4.83. The maximum atomic E-state index is 12.7. The van der Waals surface area contributed by atoms with Crippen LogP contribution in [0.2, 0.25) is 0 Å². The summed E-state index contributed by atoms with van der Waals surface area (Å²) in [6.07, 6.45) is -3.48. The topological polar surface area (TPSA) is 64.6 Å². The van der Waals surface area contributed by atoms with Crippen molar-refractivity contribution in [3.8, 4) is 5.75 Å². The first-order chi connectivity index (χ1) is 13.7. The van der Waals surface area contributed by atoms with Crippen molar-refractivity contribution in [2.24, 2.45) is 0 Å². The van der Waals surface area contributed by atoms with E-state index in [0.29, 0.717) is 26.1 Å². The molecular formula is C19H20F3NO4S2. The standard InChI is InChI=1S/C19H20F3NO4S2/c20-19(21,22)27-15-6-8-17(9-7-15)29(24,25)23-14-18(10-12-26-13-11-18)28-16-4-2-1-3-5-16/h1-9,23H,10-14H2. The van der Waals surface area contributed by atoms with E-state index < -0.39 is 22.1 Å². The van der Waals surface area contributed by atoms with Crippen molar-refractivity contribution >= 4 is 21.8 Å². The zero-order chi connectivity index (χ0) is 21.0. The smallest absolute Gasteiger partial charge is 0.406 e. The molecule has 1 aliphatic heterocycles. The number of rotatable bonds is 7. The highest BCUT2D eigenvalue weighted by molar-refractivity contribution is 8.00. The van der Waals surface area contributed by atoms with Gasteiger partial charge in [0.05, 0.1) is 4.90 Å². The van der Waals surface area contributed by atoms with Gasteiger partial charge in [-0.3, -0.25) is 0 Å². The van der Waals surface area contributed by atoms with Gasteiger partial charge in [0.1, 0.15) is 5.75 Å². The second-order valence-electron chi connectivity index (χ2n) is 6.55. The molecule has 0 bridgehead atoms. The first kappa shape index (κ1) is 21.9. The molecule has 10 heteroatoms. The molecule has 1 heterocycles. The Morgan fingerprint density at radius 1 is 1.03 bits per heavy atom. The van der Waals surface area contributed by atoms with Crippen LogP contribution in [0, 0.1) is 0 Å². The Hall–Kier alpha value is -1.75. The molecule has 0 saturated carbocycles. The molecule has 3 rings (SSSR count). The lowest BCUT2D eigenvalue weighted by atomic mass is 9.99. The molecule has 0 aromatic heterocycles. The molecule has 1 N–H and O–H groups in total. The fourth-order valence-electron chi connectivity index (χ4n) is 2.93. The molecule has 29 heavy (non-hydrogen) atoms. The van der Waals surface area contributed by atoms with Crippen molar-refractivity contribution in [3.63, 3.8) is 0 Å². The molecule has 0 atom stereocenters. The van der Waals surface area contributed by atoms with Gasteiger partial charge in [0.15, 0.2) is 0 Å². The van der Waals surface area contributed by atoms with Crippen molar-refractivity contribution in [1.82, 2.24) is 4.72 Å². The molecule has 0 spiro atoms. The van der Waals surface area contributed by atoms with Gasteiger partial charge in [-0.05, 0) is 49.2 Å². The van der Waals surface area contributed by atoms with E-state index in [0.717, 1.165) is 29.2 Å². The van der Waals surface area contributed by atoms with Crippen molar-refractivity contribution in [2.75, 3.05) is 19.8 Å². The third-order valence-electron chi connectivity index (χ3n) is 4.43. The third kappa shape index (κ3) is 6.36. The van der Waals surface area contributed by atoms with Gasteiger partial charge in [-0.2, -0.15) is 0 Å². The Labute approximate surface area is 171 Å². The summed E-state index contributed by atoms with van der Waals surface area (Å²) in [6, 6.07) is 13.8. The number of benzene rings is 2. The van der Waals surface area contributed by atoms with Gasteiger partial charge >= 0.3 is 6.36 Å². The molecule has 158 valence electrons. The number of hydrogen-bond acceptors (Lipinski definition) is 5. The molecule has 0 aliphatic carbocycles. The number of thioether (sulfide) groups is 1. The summed E-state index contributed by atoms with van der Waals surface area (Å²) >= 11 is 1.60. The van der Waals surface area contributed by atoms with E-state index in [2.05, 4.69) is 9.46 Å². The largest absolute Gasteiger partial charge is 0.573 e. The lowest BCUT2D eigenvalue weighted by Crippen LogP contribution is -2.44. The molecule has 1 saturated heterocycles. The molecule has 0 unspecified atom stereocenters. The lowest BCUT2D eigenvalue weighted by molar-refractivity contribution is -0.274. The molecule has 1 fully saturated rings. The minimum Gasteiger partial charge on any atom is -0.406 e. The van der Waals surface area contributed by atoms with Gasteiger partial charge in [0.25, 0.3) is 0 Å². The van der Waals surface area contributed by atoms with Crippen LogP contribution in [0.3, 0.4) is 0 Å². The highest BCUT2D eigenvalue weighted by Crippen LogP contribution is 2.40. The zero-order valence-corrected chi connectivity index (χ0v) is 16.9. The molecule has 2 aromatic carbocycles. The summed E-state index contributed by atoms with van der Waals surface area (Å²) in [5.41, 5.74) is 0. The summed E-state index contributed by atoms with van der Waals surface area (Å²) in [6.45, 7) is 1.25. The lowest BCUT2D eigenvalue weighted by Gasteiger charge is -2.36. The van der Waals surface area contributed by atoms with Crippen molar-refractivity contribution < 1.29 is 31.1 Å². The van der Waals surface area contributed by atoms with Crippen molar-refractivity contribution in [2.45, 2.75) is 33.7 Å². The van der Waals surface area contributed by atoms with Crippen LogP contribution in [0.1, 0.15) is 12.8 Å². The van der Waals surface area contributed by atoms with Gasteiger partial charge in [-0.25, -0.2) is 13.1 Å². The molecule has 5 nitrogen and oxygen atoms in total. The monoisotopic (exact) mass is 447 g/mol. The van der Waals surface area contributed by atoms with Crippen LogP contribution >= 0.6 is 11.8 Å². The van der Waals surface area contributed by atoms with Gasteiger partial charge in [-0.15, -0.1) is 24.9 Å². The fourth-order valence-corrected chi connectivity index (χ4v) is 5.45. The van der Waals surface area contributed by atoms with Crippen LogP contribution in [0.15, 0.2) is 64.4 Å². The second kappa shape index (κ2) is 8.95. The average molecular weight is 448 g/mol. The highest BCUT2D eigenvalue weighted by Gasteiger charge is 2.35. The summed E-state index contributed by atoms with van der Waals surface area (Å²) in [7, 11) is -3.89. The van der Waals surface area contributed by atoms with Crippen molar-refractivity contribution in [3.05, 3.63) is 54.6 Å². The van der Waals surface area contributed by atoms with Crippen LogP contribution < -0.4 is 9.46 Å². The SMILES string of the molecule is O=S(=O)(NCC1(Sc2ccccc2)CCOCC1)c1ccc(OC(F)(F)F)cc1. The normalized spacial score (nSPS) is 17.1. The van der Waals surface area contributed by atoms with Gasteiger partial charge in [0, 0.05) is 29.4 Å². The summed E-state index contributed by atoms with van der Waals surface area (Å²) in [4.78, 5) is 0.904. The van der Waals surface area contributed by atoms with E-state index in [9.17, 15) is 21.6 Å². The van der Waals surface area contributed by atoms with E-state index in [1.54, 1.807) is 11.8 Å². The minimum absolute atomic E-state index is 0.126. The maximum absolute atomic E-state index is 12.7. The van der Waals surface area contributed by atoms with E-state index >= 15 is 0 Å². The van der Waals surface area contributed by atoms with E-state index in [1.807, 2.05) is 30.3 Å². The molecule has 2 aromatic rings. The number of sulfonamides is 1. The van der Waals surface area contributed by atoms with Crippen LogP contribution in [0.5, 0.6) is 5.75 Å². The van der Waals surface area contributed by atoms with E-state index in [4.69, 9.17) is 4.74 Å². The molecular weight excluding hydrogens is 427 g/mol. The number of alkyl halides is 3. The van der Waals surface area contributed by atoms with Crippen LogP contribution in [0.4, 0.5) is 13.2 Å². The first-order valence-corrected chi connectivity index (χ1v) is 11.1. The Morgan fingerprint density at radius 3 is 2.24 bits per heavy atom. The average Bonchev–Trinajstić information content (AvgIpc) is 2.67. The van der Waals surface area contributed by atoms with E-state index in [1.165, 1.54) is 0 Å². The van der Waals surface area contributed by atoms with Crippen LogP contribution in [0.25, 0.3) is 0 Å². The molecule has 0 radical (unpaired) electrons. The first-order valence-electron chi connectivity index (χ1n) is 8.85. The predicted octanol–water partition coefficient (Wildman–Crippen LogP) is 4.21. The maximum Gasteiger partial charge on any atom is 0.573 e. The number of nitrogens with one attached hydrogen (secondary N) is 1. The molecule has 0 amide bonds. The van der Waals surface area contributed by atoms with Crippen LogP contribution in [-0.4, -0.2) is 39.3 Å². The van der Waals surface area contributed by atoms with Crippen LogP contribution in [-0.2, 0) is 14.8 Å². The quantitative estimate of drug-likeness (QED) is 0.689. The number of halogens is 3. The Kier molecular flexibility index (Phi) is 6.77. The summed E-state index contributed by atoms with van der Waals surface area (Å²) in [5, 5.41) is 0. The van der Waals surface area contributed by atoms with Crippen molar-refractivity contribution in [1.29, 1.82) is 0 Å². The number of hydrogen-bond donors (Lipinski definition) is 1. The second-order valence-corrected chi connectivity index (χ2v) is 9.86. The highest BCUT2D eigenvalue weighted by atomic mass is 32.2. The summed E-state index contributed by atoms with van der Waals surface area (Å²) in [5.74, 6) is -0.475. The zero-order valence-electron chi connectivity index (χ0n) is 15.3. The summed E-state index contributed by atoms with van der Waals surface area (Å²) < 4.78 is 73.5. The third-order valence-corrected chi connectivity index (χ3v) is 7.34. The fraction of sp³-hybridized carbons (Fsp3) is 0.368. The Bertz CT molecular complexity index is 897. The predicted molar refractivity (Wildman–Crippen MR) is 103 cm³/mol. The molecule has 1 aliphatic rings.